The molecule has 1 aromatic heterocycles. The van der Waals surface area contributed by atoms with Crippen molar-refractivity contribution in [2.24, 2.45) is 0 Å². The Bertz CT molecular complexity index is 831. The van der Waals surface area contributed by atoms with Crippen molar-refractivity contribution in [3.63, 3.8) is 0 Å². The molecule has 2 aromatic rings. The van der Waals surface area contributed by atoms with Gasteiger partial charge in [0, 0.05) is 19.0 Å². The van der Waals surface area contributed by atoms with Gasteiger partial charge in [-0.15, -0.1) is 0 Å². The normalized spacial score (nSPS) is 11.1. The Morgan fingerprint density at radius 2 is 1.96 bits per heavy atom. The molecule has 0 aliphatic heterocycles. The molecule has 10 heteroatoms. The first-order chi connectivity index (χ1) is 11.2. The smallest absolute Gasteiger partial charge is 0.254 e. The zero-order valence-electron chi connectivity index (χ0n) is 12.8. The van der Waals surface area contributed by atoms with Crippen molar-refractivity contribution < 1.29 is 22.4 Å². The second-order valence-electron chi connectivity index (χ2n) is 5.26. The Morgan fingerprint density at radius 1 is 1.29 bits per heavy atom. The Kier molecular flexibility index (Phi) is 5.37. The van der Waals surface area contributed by atoms with Crippen LogP contribution in [0.15, 0.2) is 6.07 Å². The van der Waals surface area contributed by atoms with Crippen LogP contribution in [0.25, 0.3) is 0 Å². The standard InChI is InChI=1S/C14H14F4N4OS/c1-6(2)22-9(20-21-14(22)24)3-4-19-13(23)7-5-8(15)11(17)12(18)10(7)16/h5-6H,3-4H2,1-2H3,(H,19,23)(H,21,24). The van der Waals surface area contributed by atoms with E-state index in [-0.39, 0.29) is 19.0 Å². The van der Waals surface area contributed by atoms with E-state index in [1.165, 1.54) is 0 Å². The van der Waals surface area contributed by atoms with Crippen LogP contribution < -0.4 is 5.32 Å². The molecule has 0 saturated heterocycles. The third-order valence-corrected chi connectivity index (χ3v) is 3.56. The van der Waals surface area contributed by atoms with E-state index in [1.54, 1.807) is 4.57 Å². The summed E-state index contributed by atoms with van der Waals surface area (Å²) >= 11 is 5.07. The summed E-state index contributed by atoms with van der Waals surface area (Å²) in [5.74, 6) is -7.86. The number of aromatic amines is 1. The zero-order chi connectivity index (χ0) is 18.0. The topological polar surface area (TPSA) is 62.7 Å². The molecule has 0 aliphatic carbocycles. The summed E-state index contributed by atoms with van der Waals surface area (Å²) in [6.45, 7) is 3.81. The van der Waals surface area contributed by atoms with Crippen LogP contribution in [0.5, 0.6) is 0 Å². The van der Waals surface area contributed by atoms with Crippen LogP contribution in [0.1, 0.15) is 36.1 Å². The Balaban J connectivity index is 2.09. The molecule has 0 aliphatic rings. The van der Waals surface area contributed by atoms with Gasteiger partial charge in [-0.1, -0.05) is 0 Å². The Morgan fingerprint density at radius 3 is 2.58 bits per heavy atom. The van der Waals surface area contributed by atoms with Crippen LogP contribution in [0.4, 0.5) is 17.6 Å². The maximum absolute atomic E-state index is 13.5. The molecule has 0 saturated carbocycles. The van der Waals surface area contributed by atoms with Crippen LogP contribution in [0, 0.1) is 28.0 Å². The van der Waals surface area contributed by atoms with E-state index >= 15 is 0 Å². The summed E-state index contributed by atoms with van der Waals surface area (Å²) in [7, 11) is 0. The molecule has 2 rings (SSSR count). The van der Waals surface area contributed by atoms with Crippen molar-refractivity contribution in [1.82, 2.24) is 20.1 Å². The number of amides is 1. The van der Waals surface area contributed by atoms with Gasteiger partial charge >= 0.3 is 0 Å². The maximum atomic E-state index is 13.5. The third-order valence-electron chi connectivity index (χ3n) is 3.28. The predicted octanol–water partition coefficient (Wildman–Crippen LogP) is 3.05. The summed E-state index contributed by atoms with van der Waals surface area (Å²) < 4.78 is 54.8. The van der Waals surface area contributed by atoms with Crippen molar-refractivity contribution in [3.05, 3.63) is 45.5 Å². The number of nitrogens with one attached hydrogen (secondary N) is 2. The minimum Gasteiger partial charge on any atom is -0.351 e. The first-order valence-corrected chi connectivity index (χ1v) is 7.41. The van der Waals surface area contributed by atoms with Crippen molar-refractivity contribution in [3.8, 4) is 0 Å². The van der Waals surface area contributed by atoms with E-state index < -0.39 is 34.7 Å². The molecule has 0 spiro atoms. The van der Waals surface area contributed by atoms with Gasteiger partial charge in [-0.3, -0.25) is 9.89 Å². The van der Waals surface area contributed by atoms with E-state index in [4.69, 9.17) is 12.2 Å². The fourth-order valence-electron chi connectivity index (χ4n) is 2.17. The molecule has 0 radical (unpaired) electrons. The highest BCUT2D eigenvalue weighted by Crippen LogP contribution is 2.18. The van der Waals surface area contributed by atoms with Crippen LogP contribution in [-0.4, -0.2) is 27.2 Å². The number of rotatable bonds is 5. The maximum Gasteiger partial charge on any atom is 0.254 e. The van der Waals surface area contributed by atoms with E-state index in [0.717, 1.165) is 0 Å². The number of aromatic nitrogens is 3. The molecule has 24 heavy (non-hydrogen) atoms. The SMILES string of the molecule is CC(C)n1c(CCNC(=O)c2cc(F)c(F)c(F)c2F)n[nH]c1=S. The van der Waals surface area contributed by atoms with Gasteiger partial charge in [0.1, 0.15) is 5.82 Å². The molecule has 1 amide bonds. The van der Waals surface area contributed by atoms with E-state index in [0.29, 0.717) is 16.7 Å². The quantitative estimate of drug-likeness (QED) is 0.372. The second kappa shape index (κ2) is 7.12. The molecular weight excluding hydrogens is 348 g/mol. The number of hydrogen-bond acceptors (Lipinski definition) is 3. The van der Waals surface area contributed by atoms with Crippen molar-refractivity contribution in [2.75, 3.05) is 6.54 Å². The summed E-state index contributed by atoms with van der Waals surface area (Å²) in [5.41, 5.74) is -0.908. The third kappa shape index (κ3) is 3.48. The number of H-pyrrole nitrogens is 1. The van der Waals surface area contributed by atoms with Crippen LogP contribution >= 0.6 is 12.2 Å². The minimum atomic E-state index is -2.03. The van der Waals surface area contributed by atoms with Gasteiger partial charge in [0.05, 0.1) is 5.56 Å². The lowest BCUT2D eigenvalue weighted by Crippen LogP contribution is -2.28. The fourth-order valence-corrected chi connectivity index (χ4v) is 2.53. The summed E-state index contributed by atoms with van der Waals surface area (Å²) in [6.07, 6.45) is 0.255. The van der Waals surface area contributed by atoms with Crippen molar-refractivity contribution in [1.29, 1.82) is 0 Å². The first kappa shape index (κ1) is 18.1. The minimum absolute atomic E-state index is 0.0191. The lowest BCUT2D eigenvalue weighted by Gasteiger charge is -2.11. The zero-order valence-corrected chi connectivity index (χ0v) is 13.6. The van der Waals surface area contributed by atoms with E-state index in [1.807, 2.05) is 13.8 Å². The molecule has 5 nitrogen and oxygen atoms in total. The van der Waals surface area contributed by atoms with E-state index in [9.17, 15) is 22.4 Å². The van der Waals surface area contributed by atoms with Crippen LogP contribution in [0.3, 0.4) is 0 Å². The molecule has 0 unspecified atom stereocenters. The van der Waals surface area contributed by atoms with Gasteiger partial charge in [-0.2, -0.15) is 5.10 Å². The molecule has 0 atom stereocenters. The number of benzene rings is 1. The average molecular weight is 362 g/mol. The second-order valence-corrected chi connectivity index (χ2v) is 5.65. The number of carbonyl (C=O) groups excluding carboxylic acids is 1. The molecular formula is C14H14F4N4OS. The summed E-state index contributed by atoms with van der Waals surface area (Å²) in [4.78, 5) is 11.8. The van der Waals surface area contributed by atoms with E-state index in [2.05, 4.69) is 15.5 Å². The lowest BCUT2D eigenvalue weighted by atomic mass is 10.1. The molecule has 2 N–H and O–H groups in total. The lowest BCUT2D eigenvalue weighted by molar-refractivity contribution is 0.0947. The van der Waals surface area contributed by atoms with Crippen molar-refractivity contribution in [2.45, 2.75) is 26.3 Å². The monoisotopic (exact) mass is 362 g/mol. The summed E-state index contributed by atoms with van der Waals surface area (Å²) in [6, 6.07) is 0.354. The molecule has 0 fully saturated rings. The van der Waals surface area contributed by atoms with Gasteiger partial charge in [-0.05, 0) is 32.1 Å². The Hall–Kier alpha value is -2.23. The molecule has 130 valence electrons. The van der Waals surface area contributed by atoms with Crippen LogP contribution in [-0.2, 0) is 6.42 Å². The van der Waals surface area contributed by atoms with Gasteiger partial charge < -0.3 is 9.88 Å². The highest BCUT2D eigenvalue weighted by atomic mass is 32.1. The molecule has 0 bridgehead atoms. The molecule has 1 aromatic carbocycles. The number of hydrogen-bond donors (Lipinski definition) is 2. The highest BCUT2D eigenvalue weighted by molar-refractivity contribution is 7.71. The van der Waals surface area contributed by atoms with Gasteiger partial charge in [0.15, 0.2) is 28.0 Å². The first-order valence-electron chi connectivity index (χ1n) is 7.01. The Labute approximate surface area is 139 Å². The largest absolute Gasteiger partial charge is 0.351 e. The van der Waals surface area contributed by atoms with Crippen molar-refractivity contribution >= 4 is 18.1 Å². The summed E-state index contributed by atoms with van der Waals surface area (Å²) in [5, 5.41) is 8.94. The number of nitrogens with zero attached hydrogens (tertiary/aromatic N) is 2. The fraction of sp³-hybridized carbons (Fsp3) is 0.357. The van der Waals surface area contributed by atoms with Crippen LogP contribution in [0.2, 0.25) is 0 Å². The predicted molar refractivity (Wildman–Crippen MR) is 80.1 cm³/mol. The van der Waals surface area contributed by atoms with Gasteiger partial charge in [0.2, 0.25) is 0 Å². The number of carbonyl (C=O) groups is 1. The van der Waals surface area contributed by atoms with Gasteiger partial charge in [0.25, 0.3) is 5.91 Å². The van der Waals surface area contributed by atoms with Gasteiger partial charge in [-0.25, -0.2) is 17.6 Å². The molecule has 1 heterocycles. The average Bonchev–Trinajstić information content (AvgIpc) is 2.89. The number of halogens is 4. The highest BCUT2D eigenvalue weighted by Gasteiger charge is 2.23.